The lowest BCUT2D eigenvalue weighted by Gasteiger charge is -2.01. The van der Waals surface area contributed by atoms with Crippen molar-refractivity contribution in [3.63, 3.8) is 0 Å². The van der Waals surface area contributed by atoms with E-state index < -0.39 is 0 Å². The number of thiophene rings is 1. The van der Waals surface area contributed by atoms with Crippen molar-refractivity contribution >= 4 is 27.2 Å². The van der Waals surface area contributed by atoms with Crippen molar-refractivity contribution in [2.75, 3.05) is 0 Å². The molecule has 0 saturated carbocycles. The fraction of sp³-hybridized carbons (Fsp3) is 0.118. The molecule has 3 aromatic rings. The first-order valence-corrected chi connectivity index (χ1v) is 7.32. The summed E-state index contributed by atoms with van der Waals surface area (Å²) in [6, 6.07) is 14.0. The third-order valence-corrected chi connectivity index (χ3v) is 4.41. The van der Waals surface area contributed by atoms with E-state index in [1.165, 1.54) is 23.5 Å². The highest BCUT2D eigenvalue weighted by Crippen LogP contribution is 2.28. The molecular weight excluding hydrogens is 271 g/mol. The molecule has 2 aromatic carbocycles. The molecule has 0 spiro atoms. The molecule has 0 radical (unpaired) electrons. The zero-order valence-corrected chi connectivity index (χ0v) is 11.8. The number of benzene rings is 2. The summed E-state index contributed by atoms with van der Waals surface area (Å²) in [6.45, 7) is 2.06. The molecule has 0 aliphatic carbocycles. The Labute approximate surface area is 120 Å². The van der Waals surface area contributed by atoms with Gasteiger partial charge in [0.2, 0.25) is 5.78 Å². The number of ketones is 1. The molecule has 0 saturated heterocycles. The average Bonchev–Trinajstić information content (AvgIpc) is 2.89. The highest BCUT2D eigenvalue weighted by atomic mass is 32.1. The lowest BCUT2D eigenvalue weighted by Crippen LogP contribution is -1.99. The quantitative estimate of drug-likeness (QED) is 0.629. The molecule has 1 nitrogen and oxygen atoms in total. The minimum atomic E-state index is -0.276. The Kier molecular flexibility index (Phi) is 3.36. The highest BCUT2D eigenvalue weighted by molar-refractivity contribution is 7.21. The lowest BCUT2D eigenvalue weighted by molar-refractivity contribution is 0.104. The van der Waals surface area contributed by atoms with Crippen molar-refractivity contribution in [3.05, 3.63) is 70.4 Å². The van der Waals surface area contributed by atoms with E-state index in [2.05, 4.69) is 6.92 Å². The maximum atomic E-state index is 13.2. The smallest absolute Gasteiger partial charge is 0.202 e. The van der Waals surface area contributed by atoms with Crippen LogP contribution in [-0.4, -0.2) is 5.78 Å². The summed E-state index contributed by atoms with van der Waals surface area (Å²) in [5.74, 6) is -0.274. The number of fused-ring (bicyclic) bond motifs is 1. The van der Waals surface area contributed by atoms with Crippen LogP contribution in [0, 0.1) is 5.82 Å². The number of rotatable bonds is 3. The number of carbonyl (C=O) groups excluding carboxylic acids is 1. The maximum absolute atomic E-state index is 13.2. The van der Waals surface area contributed by atoms with E-state index in [0.717, 1.165) is 22.1 Å². The molecule has 0 bridgehead atoms. The summed E-state index contributed by atoms with van der Waals surface area (Å²) in [7, 11) is 0. The molecular formula is C17H13FOS. The van der Waals surface area contributed by atoms with E-state index in [0.29, 0.717) is 10.4 Å². The molecule has 1 heterocycles. The van der Waals surface area contributed by atoms with Crippen molar-refractivity contribution in [1.29, 1.82) is 0 Å². The summed E-state index contributed by atoms with van der Waals surface area (Å²) in [6.07, 6.45) is 0.902. The second kappa shape index (κ2) is 5.17. The molecule has 0 aliphatic rings. The Bertz CT molecular complexity index is 789. The van der Waals surface area contributed by atoms with Gasteiger partial charge in [-0.2, -0.15) is 0 Å². The third-order valence-electron chi connectivity index (χ3n) is 3.30. The third kappa shape index (κ3) is 2.37. The van der Waals surface area contributed by atoms with Crippen molar-refractivity contribution < 1.29 is 9.18 Å². The average molecular weight is 284 g/mol. The molecule has 100 valence electrons. The second-order valence-electron chi connectivity index (χ2n) is 4.68. The number of hydrogen-bond donors (Lipinski definition) is 0. The van der Waals surface area contributed by atoms with Gasteiger partial charge in [-0.25, -0.2) is 4.39 Å². The first-order valence-electron chi connectivity index (χ1n) is 6.50. The minimum absolute atomic E-state index is 0.00177. The molecule has 0 atom stereocenters. The molecule has 20 heavy (non-hydrogen) atoms. The number of aryl methyl sites for hydroxylation is 1. The van der Waals surface area contributed by atoms with Crippen LogP contribution in [0.5, 0.6) is 0 Å². The predicted octanol–water partition coefficient (Wildman–Crippen LogP) is 4.83. The van der Waals surface area contributed by atoms with E-state index in [1.54, 1.807) is 12.1 Å². The fourth-order valence-corrected chi connectivity index (χ4v) is 3.21. The summed E-state index contributed by atoms with van der Waals surface area (Å²) in [5.41, 5.74) is 1.83. The topological polar surface area (TPSA) is 17.1 Å². The molecule has 1 aromatic heterocycles. The van der Waals surface area contributed by atoms with Gasteiger partial charge in [0.05, 0.1) is 4.88 Å². The van der Waals surface area contributed by atoms with Gasteiger partial charge in [0, 0.05) is 10.3 Å². The van der Waals surface area contributed by atoms with Gasteiger partial charge >= 0.3 is 0 Å². The van der Waals surface area contributed by atoms with Gasteiger partial charge in [-0.1, -0.05) is 25.1 Å². The largest absolute Gasteiger partial charge is 0.288 e. The van der Waals surface area contributed by atoms with Gasteiger partial charge in [-0.05, 0) is 47.7 Å². The molecule has 3 heteroatoms. The first-order chi connectivity index (χ1) is 9.67. The van der Waals surface area contributed by atoms with E-state index in [9.17, 15) is 9.18 Å². The Balaban J connectivity index is 2.03. The molecule has 0 fully saturated rings. The van der Waals surface area contributed by atoms with Crippen LogP contribution in [0.4, 0.5) is 4.39 Å². The zero-order chi connectivity index (χ0) is 14.1. The Morgan fingerprint density at radius 3 is 2.80 bits per heavy atom. The molecule has 0 N–H and O–H groups in total. The van der Waals surface area contributed by atoms with Crippen molar-refractivity contribution in [1.82, 2.24) is 0 Å². The van der Waals surface area contributed by atoms with Crippen LogP contribution in [-0.2, 0) is 6.42 Å². The van der Waals surface area contributed by atoms with Gasteiger partial charge in [-0.3, -0.25) is 4.79 Å². The van der Waals surface area contributed by atoms with Crippen molar-refractivity contribution in [2.45, 2.75) is 13.3 Å². The summed E-state index contributed by atoms with van der Waals surface area (Å²) in [4.78, 5) is 13.1. The standard InChI is InChI=1S/C17H13FOS/c1-2-11-4-3-5-12(8-11)17(19)16-10-13-9-14(18)6-7-15(13)20-16/h3-10H,2H2,1H3. The Morgan fingerprint density at radius 2 is 2.00 bits per heavy atom. The van der Waals surface area contributed by atoms with E-state index in [1.807, 2.05) is 24.3 Å². The van der Waals surface area contributed by atoms with E-state index >= 15 is 0 Å². The van der Waals surface area contributed by atoms with Crippen LogP contribution in [0.3, 0.4) is 0 Å². The molecule has 0 aliphatic heterocycles. The predicted molar refractivity (Wildman–Crippen MR) is 81.0 cm³/mol. The summed E-state index contributed by atoms with van der Waals surface area (Å²) >= 11 is 1.41. The molecule has 3 rings (SSSR count). The molecule has 0 unspecified atom stereocenters. The van der Waals surface area contributed by atoms with Crippen LogP contribution in [0.25, 0.3) is 10.1 Å². The van der Waals surface area contributed by atoms with Crippen LogP contribution in [0.15, 0.2) is 48.5 Å². The lowest BCUT2D eigenvalue weighted by atomic mass is 10.0. The van der Waals surface area contributed by atoms with Gasteiger partial charge in [0.15, 0.2) is 0 Å². The van der Waals surface area contributed by atoms with Gasteiger partial charge in [-0.15, -0.1) is 11.3 Å². The number of halogens is 1. The van der Waals surface area contributed by atoms with E-state index in [-0.39, 0.29) is 11.6 Å². The molecule has 0 amide bonds. The fourth-order valence-electron chi connectivity index (χ4n) is 2.20. The van der Waals surface area contributed by atoms with Gasteiger partial charge < -0.3 is 0 Å². The zero-order valence-electron chi connectivity index (χ0n) is 11.0. The minimum Gasteiger partial charge on any atom is -0.288 e. The number of hydrogen-bond acceptors (Lipinski definition) is 2. The Morgan fingerprint density at radius 1 is 1.15 bits per heavy atom. The van der Waals surface area contributed by atoms with Crippen LogP contribution >= 0.6 is 11.3 Å². The van der Waals surface area contributed by atoms with Crippen LogP contribution in [0.2, 0.25) is 0 Å². The van der Waals surface area contributed by atoms with Crippen molar-refractivity contribution in [3.8, 4) is 0 Å². The normalized spacial score (nSPS) is 10.9. The monoisotopic (exact) mass is 284 g/mol. The van der Waals surface area contributed by atoms with E-state index in [4.69, 9.17) is 0 Å². The van der Waals surface area contributed by atoms with Crippen molar-refractivity contribution in [2.24, 2.45) is 0 Å². The first kappa shape index (κ1) is 13.0. The van der Waals surface area contributed by atoms with Gasteiger partial charge in [0.25, 0.3) is 0 Å². The Hall–Kier alpha value is -2.00. The number of carbonyl (C=O) groups is 1. The summed E-state index contributed by atoms with van der Waals surface area (Å²) in [5, 5.41) is 0.782. The van der Waals surface area contributed by atoms with Crippen LogP contribution in [0.1, 0.15) is 27.7 Å². The maximum Gasteiger partial charge on any atom is 0.202 e. The SMILES string of the molecule is CCc1cccc(C(=O)c2cc3cc(F)ccc3s2)c1. The highest BCUT2D eigenvalue weighted by Gasteiger charge is 2.13. The second-order valence-corrected chi connectivity index (χ2v) is 5.76. The van der Waals surface area contributed by atoms with Gasteiger partial charge in [0.1, 0.15) is 5.82 Å². The summed E-state index contributed by atoms with van der Waals surface area (Å²) < 4.78 is 14.1. The van der Waals surface area contributed by atoms with Crippen LogP contribution < -0.4 is 0 Å².